The first-order valence-corrected chi connectivity index (χ1v) is 10.6. The predicted molar refractivity (Wildman–Crippen MR) is 109 cm³/mol. The molecule has 2 aliphatic rings. The maximum absolute atomic E-state index is 14.5. The molecule has 3 rings (SSSR count). The lowest BCUT2D eigenvalue weighted by Crippen LogP contribution is -2.35. The number of amidine groups is 1. The zero-order chi connectivity index (χ0) is 18.9. The van der Waals surface area contributed by atoms with Crippen LogP contribution in [-0.2, 0) is 11.3 Å². The number of unbranched alkanes of at least 4 members (excludes halogenated alkanes) is 6. The lowest BCUT2D eigenvalue weighted by atomic mass is 10.0. The van der Waals surface area contributed by atoms with Gasteiger partial charge in [0.1, 0.15) is 5.82 Å². The average Bonchev–Trinajstić information content (AvgIpc) is 3.23. The van der Waals surface area contributed by atoms with Crippen molar-refractivity contribution < 1.29 is 9.23 Å². The van der Waals surface area contributed by atoms with Crippen LogP contribution in [0, 0.1) is 5.82 Å². The minimum Gasteiger partial charge on any atom is -0.388 e. The molecule has 5 heteroatoms. The molecule has 1 aromatic rings. The Morgan fingerprint density at radius 3 is 2.70 bits per heavy atom. The van der Waals surface area contributed by atoms with Gasteiger partial charge in [-0.25, -0.2) is 9.38 Å². The van der Waals surface area contributed by atoms with Crippen LogP contribution in [0.2, 0.25) is 0 Å². The maximum Gasteiger partial charge on any atom is 0.198 e. The first-order chi connectivity index (χ1) is 13.3. The number of rotatable bonds is 10. The van der Waals surface area contributed by atoms with Crippen LogP contribution in [0.1, 0.15) is 75.8 Å². The van der Waals surface area contributed by atoms with Crippen LogP contribution < -0.4 is 5.32 Å². The quantitative estimate of drug-likeness (QED) is 0.586. The predicted octanol–water partition coefficient (Wildman–Crippen LogP) is 5.00. The molecular formula is C22H32FN3O. The zero-order valence-electron chi connectivity index (χ0n) is 16.5. The van der Waals surface area contributed by atoms with E-state index in [0.29, 0.717) is 18.0 Å². The van der Waals surface area contributed by atoms with Gasteiger partial charge in [0.25, 0.3) is 0 Å². The Morgan fingerprint density at radius 1 is 1.15 bits per heavy atom. The van der Waals surface area contributed by atoms with Crippen LogP contribution in [0.3, 0.4) is 0 Å². The van der Waals surface area contributed by atoms with Crippen LogP contribution in [0.15, 0.2) is 28.3 Å². The molecule has 1 N–H and O–H groups in total. The molecule has 148 valence electrons. The third-order valence-electron chi connectivity index (χ3n) is 5.44. The fraction of sp³-hybridized carbons (Fsp3) is 0.636. The number of nitrogens with one attached hydrogen (secondary N) is 1. The van der Waals surface area contributed by atoms with Crippen molar-refractivity contribution in [3.63, 3.8) is 0 Å². The van der Waals surface area contributed by atoms with Gasteiger partial charge >= 0.3 is 0 Å². The minimum absolute atomic E-state index is 0.164. The summed E-state index contributed by atoms with van der Waals surface area (Å²) in [6.07, 6.45) is 11.7. The standard InChI is InChI=1S/C22H32FN3O/c1-2-3-4-5-6-7-8-10-17-12-13-18(15-19(17)23)22-25-21(16-27-26-22)20-11-9-14-24-20/h12-13,15,20,24H,2-11,14,16H2,1H3/t20-/m0/s1. The van der Waals surface area contributed by atoms with Gasteiger partial charge in [-0.3, -0.25) is 0 Å². The van der Waals surface area contributed by atoms with Gasteiger partial charge in [0.2, 0.25) is 0 Å². The second-order valence-electron chi connectivity index (χ2n) is 7.62. The zero-order valence-corrected chi connectivity index (χ0v) is 16.5. The Labute approximate surface area is 162 Å². The Balaban J connectivity index is 1.52. The summed E-state index contributed by atoms with van der Waals surface area (Å²) < 4.78 is 14.5. The van der Waals surface area contributed by atoms with Crippen LogP contribution in [0.5, 0.6) is 0 Å². The number of oxime groups is 1. The summed E-state index contributed by atoms with van der Waals surface area (Å²) in [5, 5.41) is 7.46. The molecule has 1 saturated heterocycles. The van der Waals surface area contributed by atoms with E-state index < -0.39 is 0 Å². The highest BCUT2D eigenvalue weighted by molar-refractivity contribution is 6.09. The topological polar surface area (TPSA) is 46.0 Å². The van der Waals surface area contributed by atoms with Crippen LogP contribution >= 0.6 is 0 Å². The minimum atomic E-state index is -0.164. The van der Waals surface area contributed by atoms with Gasteiger partial charge in [-0.05, 0) is 43.9 Å². The highest BCUT2D eigenvalue weighted by Gasteiger charge is 2.24. The number of aryl methyl sites for hydroxylation is 1. The Bertz CT molecular complexity index is 666. The summed E-state index contributed by atoms with van der Waals surface area (Å²) in [6.45, 7) is 3.66. The molecule has 2 aliphatic heterocycles. The fourth-order valence-corrected chi connectivity index (χ4v) is 3.77. The summed E-state index contributed by atoms with van der Waals surface area (Å²) in [4.78, 5) is 9.97. The third-order valence-corrected chi connectivity index (χ3v) is 5.44. The first-order valence-electron chi connectivity index (χ1n) is 10.6. The second-order valence-corrected chi connectivity index (χ2v) is 7.62. The number of nitrogens with zero attached hydrogens (tertiary/aromatic N) is 2. The van der Waals surface area contributed by atoms with Crippen molar-refractivity contribution in [2.75, 3.05) is 13.2 Å². The van der Waals surface area contributed by atoms with Crippen molar-refractivity contribution in [2.45, 2.75) is 77.2 Å². The maximum atomic E-state index is 14.5. The molecule has 1 atom stereocenters. The number of benzene rings is 1. The number of halogens is 1. The number of aliphatic imine (C=N–C) groups is 1. The van der Waals surface area contributed by atoms with E-state index in [1.165, 1.54) is 38.5 Å². The second kappa shape index (κ2) is 10.5. The number of hydrogen-bond acceptors (Lipinski definition) is 4. The van der Waals surface area contributed by atoms with Crippen molar-refractivity contribution in [2.24, 2.45) is 10.1 Å². The van der Waals surface area contributed by atoms with Crippen molar-refractivity contribution in [1.82, 2.24) is 5.32 Å². The molecule has 0 spiro atoms. The molecule has 0 aliphatic carbocycles. The van der Waals surface area contributed by atoms with E-state index in [9.17, 15) is 4.39 Å². The summed E-state index contributed by atoms with van der Waals surface area (Å²) in [7, 11) is 0. The summed E-state index contributed by atoms with van der Waals surface area (Å²) in [5.74, 6) is 0.314. The van der Waals surface area contributed by atoms with Crippen LogP contribution in [-0.4, -0.2) is 30.7 Å². The Kier molecular flexibility index (Phi) is 7.81. The molecule has 0 amide bonds. The van der Waals surface area contributed by atoms with Crippen molar-refractivity contribution in [3.8, 4) is 0 Å². The van der Waals surface area contributed by atoms with Gasteiger partial charge in [0.05, 0.1) is 5.71 Å². The molecular weight excluding hydrogens is 341 g/mol. The highest BCUT2D eigenvalue weighted by atomic mass is 19.1. The molecule has 2 heterocycles. The molecule has 0 radical (unpaired) electrons. The van der Waals surface area contributed by atoms with E-state index in [4.69, 9.17) is 4.84 Å². The molecule has 0 unspecified atom stereocenters. The normalized spacial score (nSPS) is 19.6. The smallest absolute Gasteiger partial charge is 0.198 e. The van der Waals surface area contributed by atoms with Gasteiger partial charge in [0, 0.05) is 11.6 Å². The molecule has 1 fully saturated rings. The van der Waals surface area contributed by atoms with Crippen LogP contribution in [0.4, 0.5) is 4.39 Å². The summed E-state index contributed by atoms with van der Waals surface area (Å²) >= 11 is 0. The SMILES string of the molecule is CCCCCCCCCc1ccc(C2=NOCC([C@@H]3CCCN3)=N2)cc1F. The summed E-state index contributed by atoms with van der Waals surface area (Å²) in [6, 6.07) is 5.60. The molecule has 0 bridgehead atoms. The molecule has 4 nitrogen and oxygen atoms in total. The van der Waals surface area contributed by atoms with Crippen LogP contribution in [0.25, 0.3) is 0 Å². The first kappa shape index (κ1) is 20.0. The fourth-order valence-electron chi connectivity index (χ4n) is 3.77. The van der Waals surface area contributed by atoms with E-state index in [1.54, 1.807) is 6.07 Å². The van der Waals surface area contributed by atoms with Gasteiger partial charge in [-0.1, -0.05) is 62.7 Å². The third kappa shape index (κ3) is 5.86. The largest absolute Gasteiger partial charge is 0.388 e. The van der Waals surface area contributed by atoms with E-state index in [2.05, 4.69) is 22.4 Å². The number of hydrogen-bond donors (Lipinski definition) is 1. The van der Waals surface area contributed by atoms with E-state index in [-0.39, 0.29) is 11.9 Å². The van der Waals surface area contributed by atoms with Gasteiger partial charge < -0.3 is 10.2 Å². The highest BCUT2D eigenvalue weighted by Crippen LogP contribution is 2.18. The Hall–Kier alpha value is -1.75. The van der Waals surface area contributed by atoms with E-state index in [1.807, 2.05) is 12.1 Å². The Morgan fingerprint density at radius 2 is 1.96 bits per heavy atom. The monoisotopic (exact) mass is 373 g/mol. The molecule has 1 aromatic carbocycles. The van der Waals surface area contributed by atoms with Crippen molar-refractivity contribution in [3.05, 3.63) is 35.1 Å². The summed E-state index contributed by atoms with van der Waals surface area (Å²) in [5.41, 5.74) is 2.43. The average molecular weight is 374 g/mol. The van der Waals surface area contributed by atoms with E-state index in [0.717, 1.165) is 43.5 Å². The molecule has 0 aromatic heterocycles. The molecule has 0 saturated carbocycles. The van der Waals surface area contributed by atoms with E-state index >= 15 is 0 Å². The van der Waals surface area contributed by atoms with Gasteiger partial charge in [-0.2, -0.15) is 0 Å². The van der Waals surface area contributed by atoms with Crippen molar-refractivity contribution in [1.29, 1.82) is 0 Å². The van der Waals surface area contributed by atoms with Crippen molar-refractivity contribution >= 4 is 11.5 Å². The lowest BCUT2D eigenvalue weighted by Gasteiger charge is -2.17. The molecule has 27 heavy (non-hydrogen) atoms. The van der Waals surface area contributed by atoms with Gasteiger partial charge in [0.15, 0.2) is 12.4 Å². The lowest BCUT2D eigenvalue weighted by molar-refractivity contribution is 0.178. The van der Waals surface area contributed by atoms with Gasteiger partial charge in [-0.15, -0.1) is 0 Å².